The smallest absolute Gasteiger partial charge is 0.257 e. The van der Waals surface area contributed by atoms with Gasteiger partial charge in [-0.15, -0.1) is 0 Å². The van der Waals surface area contributed by atoms with E-state index < -0.39 is 0 Å². The first-order chi connectivity index (χ1) is 12.4. The highest BCUT2D eigenvalue weighted by atomic mass is 16.5. The summed E-state index contributed by atoms with van der Waals surface area (Å²) < 4.78 is 5.10. The Labute approximate surface area is 150 Å². The summed E-state index contributed by atoms with van der Waals surface area (Å²) in [6.07, 6.45) is 0. The van der Waals surface area contributed by atoms with Crippen molar-refractivity contribution in [2.45, 2.75) is 6.92 Å². The van der Waals surface area contributed by atoms with Crippen LogP contribution in [0.5, 0.6) is 0 Å². The van der Waals surface area contributed by atoms with Crippen molar-refractivity contribution in [3.05, 3.63) is 65.5 Å². The zero-order valence-corrected chi connectivity index (χ0v) is 14.7. The minimum absolute atomic E-state index is 0.125. The van der Waals surface area contributed by atoms with Crippen LogP contribution in [0.2, 0.25) is 0 Å². The van der Waals surface area contributed by atoms with Crippen LogP contribution in [0, 0.1) is 6.92 Å². The standard InChI is InChI=1S/C19H18N4O3/c1-12-20-18(26-22-12)14-9-7-13(8-10-14)17(24)21-16-6-4-5-15(11-16)19(25)23(2)3/h4-11H,1-3H3,(H,21,24). The van der Waals surface area contributed by atoms with Gasteiger partial charge in [0.25, 0.3) is 17.7 Å². The van der Waals surface area contributed by atoms with E-state index in [1.54, 1.807) is 69.6 Å². The second kappa shape index (κ2) is 7.18. The van der Waals surface area contributed by atoms with E-state index in [1.807, 2.05) is 0 Å². The van der Waals surface area contributed by atoms with E-state index in [2.05, 4.69) is 15.5 Å². The van der Waals surface area contributed by atoms with Crippen molar-refractivity contribution in [3.8, 4) is 11.5 Å². The van der Waals surface area contributed by atoms with E-state index in [1.165, 1.54) is 4.90 Å². The molecule has 26 heavy (non-hydrogen) atoms. The predicted octanol–water partition coefficient (Wildman–Crippen LogP) is 3.00. The average molecular weight is 350 g/mol. The van der Waals surface area contributed by atoms with Crippen molar-refractivity contribution in [1.82, 2.24) is 15.0 Å². The van der Waals surface area contributed by atoms with Gasteiger partial charge in [-0.25, -0.2) is 0 Å². The number of benzene rings is 2. The molecule has 0 spiro atoms. The van der Waals surface area contributed by atoms with E-state index in [0.29, 0.717) is 28.5 Å². The van der Waals surface area contributed by atoms with Crippen molar-refractivity contribution in [3.63, 3.8) is 0 Å². The van der Waals surface area contributed by atoms with Gasteiger partial charge in [0, 0.05) is 36.5 Å². The summed E-state index contributed by atoms with van der Waals surface area (Å²) in [4.78, 5) is 30.1. The summed E-state index contributed by atoms with van der Waals surface area (Å²) in [5, 5.41) is 6.54. The lowest BCUT2D eigenvalue weighted by atomic mass is 10.1. The molecule has 0 unspecified atom stereocenters. The largest absolute Gasteiger partial charge is 0.345 e. The Morgan fingerprint density at radius 1 is 1.04 bits per heavy atom. The topological polar surface area (TPSA) is 88.3 Å². The number of carbonyl (C=O) groups excluding carboxylic acids is 2. The lowest BCUT2D eigenvalue weighted by molar-refractivity contribution is 0.0827. The van der Waals surface area contributed by atoms with Gasteiger partial charge in [0.05, 0.1) is 0 Å². The monoisotopic (exact) mass is 350 g/mol. The Kier molecular flexibility index (Phi) is 4.79. The van der Waals surface area contributed by atoms with Crippen LogP contribution in [0.1, 0.15) is 26.5 Å². The highest BCUT2D eigenvalue weighted by molar-refractivity contribution is 6.05. The Hall–Kier alpha value is -3.48. The molecule has 0 bridgehead atoms. The summed E-state index contributed by atoms with van der Waals surface area (Å²) in [6.45, 7) is 1.74. The molecular weight excluding hydrogens is 332 g/mol. The first-order valence-corrected chi connectivity index (χ1v) is 7.98. The third-order valence-corrected chi connectivity index (χ3v) is 3.70. The Balaban J connectivity index is 1.74. The number of hydrogen-bond acceptors (Lipinski definition) is 5. The minimum Gasteiger partial charge on any atom is -0.345 e. The molecule has 0 aliphatic heterocycles. The van der Waals surface area contributed by atoms with E-state index >= 15 is 0 Å². The molecular formula is C19H18N4O3. The van der Waals surface area contributed by atoms with Crippen molar-refractivity contribution >= 4 is 17.5 Å². The van der Waals surface area contributed by atoms with Crippen molar-refractivity contribution in [2.24, 2.45) is 0 Å². The number of hydrogen-bond donors (Lipinski definition) is 1. The van der Waals surface area contributed by atoms with Crippen LogP contribution in [-0.2, 0) is 0 Å². The van der Waals surface area contributed by atoms with E-state index in [0.717, 1.165) is 5.56 Å². The van der Waals surface area contributed by atoms with Crippen LogP contribution in [0.4, 0.5) is 5.69 Å². The molecule has 132 valence electrons. The highest BCUT2D eigenvalue weighted by Crippen LogP contribution is 2.19. The maximum Gasteiger partial charge on any atom is 0.257 e. The van der Waals surface area contributed by atoms with Crippen LogP contribution in [0.25, 0.3) is 11.5 Å². The quantitative estimate of drug-likeness (QED) is 0.781. The SMILES string of the molecule is Cc1noc(-c2ccc(C(=O)Nc3cccc(C(=O)N(C)C)c3)cc2)n1. The lowest BCUT2D eigenvalue weighted by Crippen LogP contribution is -2.21. The summed E-state index contributed by atoms with van der Waals surface area (Å²) >= 11 is 0. The maximum absolute atomic E-state index is 12.4. The number of nitrogens with zero attached hydrogens (tertiary/aromatic N) is 3. The van der Waals surface area contributed by atoms with Crippen LogP contribution in [0.15, 0.2) is 53.1 Å². The molecule has 0 aliphatic rings. The molecule has 1 N–H and O–H groups in total. The zero-order valence-electron chi connectivity index (χ0n) is 14.7. The number of amides is 2. The Morgan fingerprint density at radius 3 is 2.38 bits per heavy atom. The maximum atomic E-state index is 12.4. The molecule has 0 fully saturated rings. The molecule has 0 aliphatic carbocycles. The number of rotatable bonds is 4. The molecule has 7 nitrogen and oxygen atoms in total. The molecule has 3 rings (SSSR count). The van der Waals surface area contributed by atoms with Crippen molar-refractivity contribution in [2.75, 3.05) is 19.4 Å². The molecule has 0 radical (unpaired) electrons. The number of nitrogens with one attached hydrogen (secondary N) is 1. The molecule has 7 heteroatoms. The Bertz CT molecular complexity index is 945. The van der Waals surface area contributed by atoms with Gasteiger partial charge in [0.1, 0.15) is 0 Å². The first-order valence-electron chi connectivity index (χ1n) is 7.98. The summed E-state index contributed by atoms with van der Waals surface area (Å²) in [7, 11) is 3.36. The molecule has 1 aromatic heterocycles. The molecule has 0 saturated carbocycles. The van der Waals surface area contributed by atoms with Crippen LogP contribution in [-0.4, -0.2) is 41.0 Å². The highest BCUT2D eigenvalue weighted by Gasteiger charge is 2.12. The summed E-state index contributed by atoms with van der Waals surface area (Å²) in [6, 6.07) is 13.7. The van der Waals surface area contributed by atoms with Gasteiger partial charge < -0.3 is 14.7 Å². The van der Waals surface area contributed by atoms with Crippen molar-refractivity contribution in [1.29, 1.82) is 0 Å². The third-order valence-electron chi connectivity index (χ3n) is 3.70. The van der Waals surface area contributed by atoms with Gasteiger partial charge in [-0.2, -0.15) is 4.98 Å². The average Bonchev–Trinajstić information content (AvgIpc) is 3.07. The number of carbonyl (C=O) groups is 2. The summed E-state index contributed by atoms with van der Waals surface area (Å²) in [5.74, 6) is 0.561. The van der Waals surface area contributed by atoms with Crippen LogP contribution in [0.3, 0.4) is 0 Å². The van der Waals surface area contributed by atoms with Crippen LogP contribution >= 0.6 is 0 Å². The fourth-order valence-corrected chi connectivity index (χ4v) is 2.37. The van der Waals surface area contributed by atoms with E-state index in [4.69, 9.17) is 4.52 Å². The summed E-state index contributed by atoms with van der Waals surface area (Å²) in [5.41, 5.74) is 2.28. The van der Waals surface area contributed by atoms with Crippen molar-refractivity contribution < 1.29 is 14.1 Å². The van der Waals surface area contributed by atoms with Gasteiger partial charge in [0.2, 0.25) is 0 Å². The molecule has 3 aromatic rings. The molecule has 0 saturated heterocycles. The minimum atomic E-state index is -0.271. The van der Waals surface area contributed by atoms with Gasteiger partial charge in [-0.05, 0) is 49.4 Å². The van der Waals surface area contributed by atoms with Crippen LogP contribution < -0.4 is 5.32 Å². The molecule has 2 aromatic carbocycles. The fourth-order valence-electron chi connectivity index (χ4n) is 2.37. The second-order valence-corrected chi connectivity index (χ2v) is 5.96. The van der Waals surface area contributed by atoms with E-state index in [9.17, 15) is 9.59 Å². The normalized spacial score (nSPS) is 10.4. The fraction of sp³-hybridized carbons (Fsp3) is 0.158. The predicted molar refractivity (Wildman–Crippen MR) is 96.9 cm³/mol. The molecule has 0 atom stereocenters. The molecule has 1 heterocycles. The zero-order chi connectivity index (χ0) is 18.7. The second-order valence-electron chi connectivity index (χ2n) is 5.96. The molecule has 2 amide bonds. The number of aromatic nitrogens is 2. The third kappa shape index (κ3) is 3.77. The number of anilines is 1. The van der Waals surface area contributed by atoms with Gasteiger partial charge in [0.15, 0.2) is 5.82 Å². The van der Waals surface area contributed by atoms with Gasteiger partial charge >= 0.3 is 0 Å². The van der Waals surface area contributed by atoms with Gasteiger partial charge in [-0.3, -0.25) is 9.59 Å². The lowest BCUT2D eigenvalue weighted by Gasteiger charge is -2.11. The number of aryl methyl sites for hydroxylation is 1. The van der Waals surface area contributed by atoms with Gasteiger partial charge in [-0.1, -0.05) is 11.2 Å². The van der Waals surface area contributed by atoms with E-state index in [-0.39, 0.29) is 11.8 Å². The Morgan fingerprint density at radius 2 is 1.77 bits per heavy atom. The first kappa shape index (κ1) is 17.3.